The fourth-order valence-corrected chi connectivity index (χ4v) is 11.4. The lowest BCUT2D eigenvalue weighted by Gasteiger charge is -2.40. The summed E-state index contributed by atoms with van der Waals surface area (Å²) in [6, 6.07) is 69.4. The molecule has 3 heterocycles. The molecular formula is C55H32ClNO2S. The quantitative estimate of drug-likeness (QED) is 0.177. The summed E-state index contributed by atoms with van der Waals surface area (Å²) in [5, 5.41) is 5.30. The summed E-state index contributed by atoms with van der Waals surface area (Å²) < 4.78 is 16.3. The minimum atomic E-state index is -0.605. The smallest absolute Gasteiger partial charge is 0.138 e. The van der Waals surface area contributed by atoms with Crippen LogP contribution >= 0.6 is 22.9 Å². The maximum absolute atomic E-state index is 7.03. The van der Waals surface area contributed by atoms with Gasteiger partial charge in [-0.05, 0) is 88.0 Å². The molecule has 0 saturated carbocycles. The average Bonchev–Trinajstić information content (AvgIpc) is 3.95. The maximum Gasteiger partial charge on any atom is 0.138 e. The molecular weight excluding hydrogens is 774 g/mol. The number of halogens is 1. The highest BCUT2D eigenvalue weighted by Crippen LogP contribution is 2.63. The van der Waals surface area contributed by atoms with E-state index in [0.717, 1.165) is 72.8 Å². The minimum absolute atomic E-state index is 0.605. The van der Waals surface area contributed by atoms with E-state index in [0.29, 0.717) is 5.02 Å². The van der Waals surface area contributed by atoms with Gasteiger partial charge in [0.2, 0.25) is 0 Å². The van der Waals surface area contributed by atoms with Gasteiger partial charge in [-0.25, -0.2) is 0 Å². The Balaban J connectivity index is 1.10. The van der Waals surface area contributed by atoms with Gasteiger partial charge >= 0.3 is 0 Å². The predicted molar refractivity (Wildman–Crippen MR) is 249 cm³/mol. The number of anilines is 3. The zero-order chi connectivity index (χ0) is 39.5. The number of benzene rings is 9. The number of hydrogen-bond donors (Lipinski definition) is 0. The van der Waals surface area contributed by atoms with Gasteiger partial charge in [0, 0.05) is 70.6 Å². The average molecular weight is 806 g/mol. The number of para-hydroxylation sites is 1. The summed E-state index contributed by atoms with van der Waals surface area (Å²) >= 11 is 8.59. The molecule has 0 radical (unpaired) electrons. The van der Waals surface area contributed by atoms with E-state index >= 15 is 0 Å². The lowest BCUT2D eigenvalue weighted by Crippen LogP contribution is -2.32. The highest BCUT2D eigenvalue weighted by molar-refractivity contribution is 7.25. The van der Waals surface area contributed by atoms with Crippen molar-refractivity contribution in [1.29, 1.82) is 0 Å². The van der Waals surface area contributed by atoms with E-state index in [-0.39, 0.29) is 0 Å². The Kier molecular flexibility index (Phi) is 7.16. The van der Waals surface area contributed by atoms with E-state index in [2.05, 4.69) is 181 Å². The Labute approximate surface area is 354 Å². The molecule has 11 aromatic rings. The SMILES string of the molecule is Clc1ccc2c(c1)Oc1cc(N(c3cc(-c4ccccc4)c4c(c3)oc3ccccc34)c3ccc4sc5ccccc5c4c3)ccc1C21c2ccccc2-c2ccccc21. The van der Waals surface area contributed by atoms with Crippen molar-refractivity contribution in [2.45, 2.75) is 5.41 Å². The number of furan rings is 1. The molecule has 0 atom stereocenters. The number of ether oxygens (including phenoxy) is 1. The van der Waals surface area contributed by atoms with Gasteiger partial charge in [-0.3, -0.25) is 0 Å². The maximum atomic E-state index is 7.03. The van der Waals surface area contributed by atoms with E-state index in [1.165, 1.54) is 42.4 Å². The van der Waals surface area contributed by atoms with Crippen LogP contribution in [0.15, 0.2) is 199 Å². The van der Waals surface area contributed by atoms with Crippen molar-refractivity contribution < 1.29 is 9.15 Å². The summed E-state index contributed by atoms with van der Waals surface area (Å²) in [5.41, 5.74) is 13.4. The van der Waals surface area contributed by atoms with Gasteiger partial charge in [0.05, 0.1) is 11.1 Å². The van der Waals surface area contributed by atoms with Gasteiger partial charge in [-0.15, -0.1) is 11.3 Å². The van der Waals surface area contributed by atoms with Crippen molar-refractivity contribution in [3.63, 3.8) is 0 Å². The lowest BCUT2D eigenvalue weighted by atomic mass is 9.66. The van der Waals surface area contributed by atoms with E-state index in [4.69, 9.17) is 20.8 Å². The molecule has 0 bridgehead atoms. The summed E-state index contributed by atoms with van der Waals surface area (Å²) in [4.78, 5) is 2.35. The highest BCUT2D eigenvalue weighted by atomic mass is 35.5. The van der Waals surface area contributed by atoms with Crippen LogP contribution < -0.4 is 9.64 Å². The first kappa shape index (κ1) is 33.8. The molecule has 0 N–H and O–H groups in total. The molecule has 3 nitrogen and oxygen atoms in total. The number of nitrogens with zero attached hydrogens (tertiary/aromatic N) is 1. The van der Waals surface area contributed by atoms with E-state index < -0.39 is 5.41 Å². The molecule has 0 amide bonds. The largest absolute Gasteiger partial charge is 0.457 e. The molecule has 5 heteroatoms. The summed E-state index contributed by atoms with van der Waals surface area (Å²) in [6.45, 7) is 0. The van der Waals surface area contributed by atoms with Gasteiger partial charge in [-0.2, -0.15) is 0 Å². The third-order valence-electron chi connectivity index (χ3n) is 12.6. The second kappa shape index (κ2) is 12.7. The molecule has 9 aromatic carbocycles. The molecule has 60 heavy (non-hydrogen) atoms. The zero-order valence-corrected chi connectivity index (χ0v) is 33.6. The van der Waals surface area contributed by atoms with Gasteiger partial charge in [0.25, 0.3) is 0 Å². The van der Waals surface area contributed by atoms with Gasteiger partial charge in [-0.1, -0.05) is 139 Å². The number of fused-ring (bicyclic) bond motifs is 15. The van der Waals surface area contributed by atoms with Crippen LogP contribution in [0.5, 0.6) is 11.5 Å². The molecule has 0 fully saturated rings. The Morgan fingerprint density at radius 3 is 1.88 bits per heavy atom. The van der Waals surface area contributed by atoms with E-state index in [9.17, 15) is 0 Å². The fraction of sp³-hybridized carbons (Fsp3) is 0.0182. The first-order valence-corrected chi connectivity index (χ1v) is 21.4. The first-order valence-electron chi connectivity index (χ1n) is 20.2. The monoisotopic (exact) mass is 805 g/mol. The van der Waals surface area contributed by atoms with E-state index in [1.54, 1.807) is 0 Å². The summed E-state index contributed by atoms with van der Waals surface area (Å²) in [5.74, 6) is 1.54. The standard InChI is InChI=1S/C55H32ClNO2S/c56-34-22-25-46-49(28-34)59-50-31-36(23-26-47(50)55(46)44-18-8-4-14-38(44)39-15-5-9-19-45(39)55)57(35-24-27-53-43(29-35)40-16-7-11-21-52(40)60-53)37-30-42(33-12-2-1-3-13-33)54-41-17-6-10-20-48(41)58-51(54)32-37/h1-32H. The molecule has 1 aliphatic heterocycles. The lowest BCUT2D eigenvalue weighted by molar-refractivity contribution is 0.436. The Hall–Kier alpha value is -7.11. The first-order chi connectivity index (χ1) is 29.6. The van der Waals surface area contributed by atoms with Crippen LogP contribution in [0.1, 0.15) is 22.3 Å². The normalized spacial score (nSPS) is 13.3. The van der Waals surface area contributed by atoms with Crippen LogP contribution in [0.4, 0.5) is 17.1 Å². The number of hydrogen-bond acceptors (Lipinski definition) is 4. The molecule has 13 rings (SSSR count). The van der Waals surface area contributed by atoms with Gasteiger partial charge in [0.15, 0.2) is 0 Å². The van der Waals surface area contributed by atoms with Crippen molar-refractivity contribution >= 4 is 82.1 Å². The molecule has 0 saturated heterocycles. The van der Waals surface area contributed by atoms with Crippen molar-refractivity contribution in [1.82, 2.24) is 0 Å². The zero-order valence-electron chi connectivity index (χ0n) is 32.0. The van der Waals surface area contributed by atoms with Crippen LogP contribution in [0.2, 0.25) is 5.02 Å². The van der Waals surface area contributed by atoms with Gasteiger partial charge < -0.3 is 14.1 Å². The Morgan fingerprint density at radius 1 is 0.433 bits per heavy atom. The van der Waals surface area contributed by atoms with Crippen molar-refractivity contribution in [2.24, 2.45) is 0 Å². The Morgan fingerprint density at radius 2 is 1.07 bits per heavy atom. The van der Waals surface area contributed by atoms with Crippen molar-refractivity contribution in [3.8, 4) is 33.8 Å². The Bertz CT molecular complexity index is 3520. The molecule has 1 aliphatic carbocycles. The second-order valence-electron chi connectivity index (χ2n) is 15.7. The highest BCUT2D eigenvalue weighted by Gasteiger charge is 2.51. The predicted octanol–water partition coefficient (Wildman–Crippen LogP) is 16.2. The third-order valence-corrected chi connectivity index (χ3v) is 14.0. The number of rotatable bonds is 4. The third kappa shape index (κ3) is 4.72. The van der Waals surface area contributed by atoms with Crippen LogP contribution in [0.25, 0.3) is 64.4 Å². The van der Waals surface area contributed by atoms with Gasteiger partial charge in [0.1, 0.15) is 22.7 Å². The summed E-state index contributed by atoms with van der Waals surface area (Å²) in [6.07, 6.45) is 0. The van der Waals surface area contributed by atoms with Crippen LogP contribution in [0.3, 0.4) is 0 Å². The second-order valence-corrected chi connectivity index (χ2v) is 17.2. The van der Waals surface area contributed by atoms with E-state index in [1.807, 2.05) is 29.5 Å². The molecule has 0 unspecified atom stereocenters. The van der Waals surface area contributed by atoms with Crippen LogP contribution in [-0.2, 0) is 5.41 Å². The number of thiophene rings is 1. The topological polar surface area (TPSA) is 25.6 Å². The molecule has 2 aromatic heterocycles. The minimum Gasteiger partial charge on any atom is -0.457 e. The van der Waals surface area contributed by atoms with Crippen LogP contribution in [0, 0.1) is 0 Å². The molecule has 2 aliphatic rings. The van der Waals surface area contributed by atoms with Crippen molar-refractivity contribution in [3.05, 3.63) is 221 Å². The van der Waals surface area contributed by atoms with Crippen molar-refractivity contribution in [2.75, 3.05) is 4.90 Å². The summed E-state index contributed by atoms with van der Waals surface area (Å²) in [7, 11) is 0. The fourth-order valence-electron chi connectivity index (χ4n) is 10.1. The molecule has 282 valence electrons. The molecule has 1 spiro atoms. The van der Waals surface area contributed by atoms with Crippen LogP contribution in [-0.4, -0.2) is 0 Å².